The monoisotopic (exact) mass is 518 g/mol. The molecule has 10 nitrogen and oxygen atoms in total. The van der Waals surface area contributed by atoms with Crippen LogP contribution < -0.4 is 17.2 Å². The number of aryl methyl sites for hydroxylation is 2. The van der Waals surface area contributed by atoms with Gasteiger partial charge in [-0.05, 0) is 54.8 Å². The number of carbonyl (C=O) groups is 1. The summed E-state index contributed by atoms with van der Waals surface area (Å²) >= 11 is 0. The molecule has 0 bridgehead atoms. The molecule has 0 aliphatic rings. The van der Waals surface area contributed by atoms with Crippen molar-refractivity contribution in [3.63, 3.8) is 0 Å². The standard InChI is InChI=1S/C21H18N4O.C8H8N4O/c1-3-17-13-20-12-11-19(10-9-16-14-22-23(2)15-16)25(20)21(26)24(17)18-7-5-4-6-8-18;9-7-6(8(10)13)5-3-1-2-4-12(5)11-7/h4-8,11-15H,3H2,1-2H3;1-4H,(H2,9,11)(H2,10,13). The van der Waals surface area contributed by atoms with Crippen LogP contribution in [0.5, 0.6) is 0 Å². The van der Waals surface area contributed by atoms with Gasteiger partial charge < -0.3 is 11.5 Å². The second kappa shape index (κ2) is 10.4. The normalized spacial score (nSPS) is 10.6. The third kappa shape index (κ3) is 4.89. The first-order valence-electron chi connectivity index (χ1n) is 12.2. The Morgan fingerprint density at radius 3 is 2.49 bits per heavy atom. The van der Waals surface area contributed by atoms with Gasteiger partial charge in [0.1, 0.15) is 11.3 Å². The molecule has 5 aromatic heterocycles. The van der Waals surface area contributed by atoms with Crippen molar-refractivity contribution in [3.05, 3.63) is 118 Å². The predicted octanol–water partition coefficient (Wildman–Crippen LogP) is 2.80. The number of aromatic nitrogens is 6. The Balaban J connectivity index is 0.000000198. The van der Waals surface area contributed by atoms with E-state index in [9.17, 15) is 9.59 Å². The molecular weight excluding hydrogens is 492 g/mol. The smallest absolute Gasteiger partial charge is 0.338 e. The summed E-state index contributed by atoms with van der Waals surface area (Å²) in [6.07, 6.45) is 6.03. The fourth-order valence-corrected chi connectivity index (χ4v) is 4.34. The number of nitrogen functional groups attached to an aromatic ring is 1. The molecule has 0 fully saturated rings. The highest BCUT2D eigenvalue weighted by molar-refractivity contribution is 6.04. The van der Waals surface area contributed by atoms with Gasteiger partial charge in [-0.15, -0.1) is 5.10 Å². The van der Waals surface area contributed by atoms with Gasteiger partial charge in [0, 0.05) is 25.1 Å². The molecule has 4 N–H and O–H groups in total. The number of fused-ring (bicyclic) bond motifs is 2. The highest BCUT2D eigenvalue weighted by Crippen LogP contribution is 2.16. The quantitative estimate of drug-likeness (QED) is 0.348. The number of amides is 1. The summed E-state index contributed by atoms with van der Waals surface area (Å²) < 4.78 is 6.64. The van der Waals surface area contributed by atoms with Crippen LogP contribution in [0.15, 0.2) is 90.1 Å². The van der Waals surface area contributed by atoms with Gasteiger partial charge in [0.15, 0.2) is 5.82 Å². The lowest BCUT2D eigenvalue weighted by atomic mass is 10.2. The van der Waals surface area contributed by atoms with Crippen molar-refractivity contribution in [2.45, 2.75) is 13.3 Å². The Kier molecular flexibility index (Phi) is 6.72. The molecule has 0 radical (unpaired) electrons. The Hall–Kier alpha value is -5.56. The maximum atomic E-state index is 13.2. The van der Waals surface area contributed by atoms with Gasteiger partial charge in [-0.2, -0.15) is 5.10 Å². The van der Waals surface area contributed by atoms with Gasteiger partial charge in [-0.25, -0.2) is 9.31 Å². The number of benzene rings is 1. The number of nitrogens with zero attached hydrogens (tertiary/aromatic N) is 6. The van der Waals surface area contributed by atoms with E-state index in [0.29, 0.717) is 11.2 Å². The number of carbonyl (C=O) groups excluding carboxylic acids is 1. The van der Waals surface area contributed by atoms with Crippen LogP contribution in [0.3, 0.4) is 0 Å². The van der Waals surface area contributed by atoms with Crippen LogP contribution in [-0.2, 0) is 13.5 Å². The fourth-order valence-electron chi connectivity index (χ4n) is 4.34. The van der Waals surface area contributed by atoms with Crippen LogP contribution in [0, 0.1) is 11.8 Å². The van der Waals surface area contributed by atoms with Crippen LogP contribution in [0.1, 0.15) is 34.2 Å². The maximum absolute atomic E-state index is 13.2. The molecule has 0 aliphatic heterocycles. The number of hydrogen-bond donors (Lipinski definition) is 2. The molecule has 5 heterocycles. The minimum absolute atomic E-state index is 0.106. The summed E-state index contributed by atoms with van der Waals surface area (Å²) in [4.78, 5) is 24.2. The summed E-state index contributed by atoms with van der Waals surface area (Å²) in [6.45, 7) is 2.05. The van der Waals surface area contributed by atoms with E-state index in [1.54, 1.807) is 44.2 Å². The average molecular weight is 519 g/mol. The van der Waals surface area contributed by atoms with E-state index in [-0.39, 0.29) is 17.1 Å². The number of anilines is 1. The molecule has 6 aromatic rings. The minimum Gasteiger partial charge on any atom is -0.382 e. The topological polar surface area (TPSA) is 131 Å². The third-order valence-corrected chi connectivity index (χ3v) is 6.13. The van der Waals surface area contributed by atoms with Crippen molar-refractivity contribution in [2.75, 3.05) is 5.73 Å². The second-order valence-corrected chi connectivity index (χ2v) is 8.73. The molecule has 0 saturated heterocycles. The molecule has 0 unspecified atom stereocenters. The molecule has 194 valence electrons. The van der Waals surface area contributed by atoms with Gasteiger partial charge in [-0.1, -0.05) is 37.1 Å². The number of nitrogens with two attached hydrogens (primary N) is 2. The molecule has 0 aliphatic carbocycles. The van der Waals surface area contributed by atoms with Crippen molar-refractivity contribution in [2.24, 2.45) is 12.8 Å². The van der Waals surface area contributed by atoms with Gasteiger partial charge in [0.05, 0.1) is 28.5 Å². The second-order valence-electron chi connectivity index (χ2n) is 8.73. The Labute approximate surface area is 223 Å². The molecule has 6 rings (SSSR count). The molecular formula is C29H26N8O2. The molecule has 1 aromatic carbocycles. The Morgan fingerprint density at radius 2 is 1.79 bits per heavy atom. The van der Waals surface area contributed by atoms with E-state index in [1.165, 1.54) is 4.52 Å². The molecule has 10 heteroatoms. The van der Waals surface area contributed by atoms with E-state index in [4.69, 9.17) is 11.5 Å². The van der Waals surface area contributed by atoms with E-state index in [1.807, 2.05) is 61.8 Å². The zero-order valence-corrected chi connectivity index (χ0v) is 21.4. The summed E-state index contributed by atoms with van der Waals surface area (Å²) in [5, 5.41) is 8.04. The lowest BCUT2D eigenvalue weighted by Gasteiger charge is -2.13. The third-order valence-electron chi connectivity index (χ3n) is 6.13. The summed E-state index contributed by atoms with van der Waals surface area (Å²) in [5.74, 6) is 5.78. The zero-order chi connectivity index (χ0) is 27.5. The highest BCUT2D eigenvalue weighted by Gasteiger charge is 2.14. The molecule has 39 heavy (non-hydrogen) atoms. The van der Waals surface area contributed by atoms with Crippen LogP contribution in [0.25, 0.3) is 16.7 Å². The van der Waals surface area contributed by atoms with Gasteiger partial charge in [-0.3, -0.25) is 18.4 Å². The summed E-state index contributed by atoms with van der Waals surface area (Å²) in [6, 6.07) is 20.9. The van der Waals surface area contributed by atoms with Crippen molar-refractivity contribution < 1.29 is 4.79 Å². The molecule has 0 saturated carbocycles. The first-order valence-corrected chi connectivity index (χ1v) is 12.2. The largest absolute Gasteiger partial charge is 0.382 e. The first kappa shape index (κ1) is 25.1. The van der Waals surface area contributed by atoms with E-state index >= 15 is 0 Å². The SMILES string of the molecule is CCc1cc2ccc(C#Cc3cnn(C)c3)n2c(=O)n1-c1ccccc1.NC(=O)c1c(N)nn2ccccc12. The summed E-state index contributed by atoms with van der Waals surface area (Å²) in [7, 11) is 1.85. The molecule has 0 atom stereocenters. The van der Waals surface area contributed by atoms with Crippen molar-refractivity contribution in [3.8, 4) is 17.5 Å². The van der Waals surface area contributed by atoms with Crippen molar-refractivity contribution >= 4 is 22.8 Å². The van der Waals surface area contributed by atoms with Gasteiger partial charge in [0.25, 0.3) is 5.91 Å². The van der Waals surface area contributed by atoms with Crippen LogP contribution in [0.2, 0.25) is 0 Å². The van der Waals surface area contributed by atoms with Crippen LogP contribution in [-0.4, -0.2) is 34.3 Å². The van der Waals surface area contributed by atoms with E-state index in [2.05, 4.69) is 29.0 Å². The Morgan fingerprint density at radius 1 is 1.03 bits per heavy atom. The molecule has 1 amide bonds. The minimum atomic E-state index is -0.557. The number of primary amides is 1. The summed E-state index contributed by atoms with van der Waals surface area (Å²) in [5.41, 5.74) is 15.6. The highest BCUT2D eigenvalue weighted by atomic mass is 16.1. The lowest BCUT2D eigenvalue weighted by molar-refractivity contribution is 0.100. The van der Waals surface area contributed by atoms with Gasteiger partial charge >= 0.3 is 5.69 Å². The fraction of sp³-hybridized carbons (Fsp3) is 0.103. The van der Waals surface area contributed by atoms with Crippen molar-refractivity contribution in [1.29, 1.82) is 0 Å². The van der Waals surface area contributed by atoms with Crippen molar-refractivity contribution in [1.82, 2.24) is 28.4 Å². The van der Waals surface area contributed by atoms with Gasteiger partial charge in [0.2, 0.25) is 0 Å². The average Bonchev–Trinajstić information content (AvgIpc) is 3.63. The zero-order valence-electron chi connectivity index (χ0n) is 21.4. The number of para-hydroxylation sites is 1. The number of hydrogen-bond acceptors (Lipinski definition) is 5. The molecule has 0 spiro atoms. The van der Waals surface area contributed by atoms with Crippen LogP contribution in [0.4, 0.5) is 5.82 Å². The van der Waals surface area contributed by atoms with E-state index in [0.717, 1.165) is 28.9 Å². The van der Waals surface area contributed by atoms with E-state index < -0.39 is 5.91 Å². The number of pyridine rings is 1. The van der Waals surface area contributed by atoms with Crippen LogP contribution >= 0.6 is 0 Å². The number of rotatable bonds is 3. The predicted molar refractivity (Wildman–Crippen MR) is 150 cm³/mol. The maximum Gasteiger partial charge on any atom is 0.338 e. The first-order chi connectivity index (χ1) is 18.9. The lowest BCUT2D eigenvalue weighted by Crippen LogP contribution is -2.28. The Bertz CT molecular complexity index is 1930.